The minimum absolute atomic E-state index is 0.142. The van der Waals surface area contributed by atoms with E-state index in [4.69, 9.17) is 9.84 Å². The zero-order chi connectivity index (χ0) is 18.2. The zero-order valence-corrected chi connectivity index (χ0v) is 14.7. The van der Waals surface area contributed by atoms with Crippen LogP contribution in [0.1, 0.15) is 22.3 Å². The Hall–Kier alpha value is -2.13. The van der Waals surface area contributed by atoms with E-state index in [0.29, 0.717) is 37.4 Å². The monoisotopic (exact) mass is 368 g/mol. The molecule has 1 aromatic carbocycles. The van der Waals surface area contributed by atoms with Gasteiger partial charge in [-0.25, -0.2) is 8.42 Å². The molecule has 9 heteroatoms. The number of hydrogen-bond donors (Lipinski definition) is 1. The van der Waals surface area contributed by atoms with Gasteiger partial charge in [-0.2, -0.15) is 0 Å². The Morgan fingerprint density at radius 3 is 2.76 bits per heavy atom. The molecule has 0 spiro atoms. The van der Waals surface area contributed by atoms with Gasteiger partial charge in [0.2, 0.25) is 10.0 Å². The fourth-order valence-electron chi connectivity index (χ4n) is 3.25. The van der Waals surface area contributed by atoms with Gasteiger partial charge in [0.25, 0.3) is 5.91 Å². The van der Waals surface area contributed by atoms with Crippen molar-refractivity contribution in [3.63, 3.8) is 0 Å². The van der Waals surface area contributed by atoms with E-state index in [0.717, 1.165) is 11.8 Å². The highest BCUT2D eigenvalue weighted by Crippen LogP contribution is 2.31. The van der Waals surface area contributed by atoms with Crippen LogP contribution in [-0.4, -0.2) is 68.9 Å². The summed E-state index contributed by atoms with van der Waals surface area (Å²) in [6.45, 7) is 1.32. The fourth-order valence-corrected chi connectivity index (χ4v) is 4.21. The number of carbonyl (C=O) groups excluding carboxylic acids is 1. The predicted octanol–water partition coefficient (Wildman–Crippen LogP) is 0.324. The average Bonchev–Trinajstić information content (AvgIpc) is 2.97. The highest BCUT2D eigenvalue weighted by Gasteiger charge is 2.29. The lowest BCUT2D eigenvalue weighted by atomic mass is 10.1. The molecule has 0 saturated carbocycles. The molecule has 2 heterocycles. The predicted molar refractivity (Wildman–Crippen MR) is 90.2 cm³/mol. The molecular formula is C16H20N2O6S. The standard InChI is InChI=1S/C16H20N2O6S/c1-25(22,23)18-5-4-11-8-12(2-3-14(11)18)16(21)17-6-7-24-13(10-17)9-15(19)20/h2-3,8,13H,4-7,9-10H2,1H3,(H,19,20). The molecule has 2 aliphatic rings. The number of carboxylic acid groups (broad SMARTS) is 1. The summed E-state index contributed by atoms with van der Waals surface area (Å²) in [4.78, 5) is 25.1. The highest BCUT2D eigenvalue weighted by atomic mass is 32.2. The van der Waals surface area contributed by atoms with Crippen LogP contribution in [0.4, 0.5) is 5.69 Å². The molecular weight excluding hydrogens is 348 g/mol. The van der Waals surface area contributed by atoms with Gasteiger partial charge in [0, 0.05) is 25.2 Å². The smallest absolute Gasteiger partial charge is 0.306 e. The van der Waals surface area contributed by atoms with Gasteiger partial charge in [0.15, 0.2) is 0 Å². The van der Waals surface area contributed by atoms with Crippen molar-refractivity contribution in [3.8, 4) is 0 Å². The molecule has 0 aromatic heterocycles. The largest absolute Gasteiger partial charge is 0.481 e. The number of carbonyl (C=O) groups is 2. The number of ether oxygens (including phenoxy) is 1. The Kier molecular flexibility index (Phi) is 4.70. The number of amides is 1. The third-order valence-electron chi connectivity index (χ3n) is 4.41. The molecule has 1 unspecified atom stereocenters. The van der Waals surface area contributed by atoms with Crippen LogP contribution in [0.3, 0.4) is 0 Å². The third kappa shape index (κ3) is 3.77. The summed E-state index contributed by atoms with van der Waals surface area (Å²) in [6.07, 6.45) is 1.08. The Morgan fingerprint density at radius 2 is 2.08 bits per heavy atom. The van der Waals surface area contributed by atoms with E-state index in [-0.39, 0.29) is 18.9 Å². The van der Waals surface area contributed by atoms with Crippen LogP contribution in [-0.2, 0) is 26.0 Å². The van der Waals surface area contributed by atoms with Crippen molar-refractivity contribution in [2.45, 2.75) is 18.9 Å². The minimum Gasteiger partial charge on any atom is -0.481 e. The Balaban J connectivity index is 1.77. The van der Waals surface area contributed by atoms with Crippen LogP contribution >= 0.6 is 0 Å². The highest BCUT2D eigenvalue weighted by molar-refractivity contribution is 7.92. The van der Waals surface area contributed by atoms with Crippen LogP contribution < -0.4 is 4.31 Å². The van der Waals surface area contributed by atoms with E-state index in [1.54, 1.807) is 23.1 Å². The molecule has 136 valence electrons. The van der Waals surface area contributed by atoms with Crippen LogP contribution in [0.25, 0.3) is 0 Å². The molecule has 1 saturated heterocycles. The first-order valence-electron chi connectivity index (χ1n) is 7.99. The van der Waals surface area contributed by atoms with E-state index in [1.165, 1.54) is 4.31 Å². The number of aliphatic carboxylic acids is 1. The normalized spacial score (nSPS) is 20.4. The van der Waals surface area contributed by atoms with Gasteiger partial charge in [-0.15, -0.1) is 0 Å². The summed E-state index contributed by atoms with van der Waals surface area (Å²) in [5, 5.41) is 8.87. The van der Waals surface area contributed by atoms with E-state index < -0.39 is 22.1 Å². The van der Waals surface area contributed by atoms with Crippen molar-refractivity contribution in [1.82, 2.24) is 4.90 Å². The number of hydrogen-bond acceptors (Lipinski definition) is 5. The summed E-state index contributed by atoms with van der Waals surface area (Å²) in [5.41, 5.74) is 1.92. The maximum absolute atomic E-state index is 12.7. The van der Waals surface area contributed by atoms with Crippen LogP contribution in [0.2, 0.25) is 0 Å². The quantitative estimate of drug-likeness (QED) is 0.821. The van der Waals surface area contributed by atoms with E-state index in [9.17, 15) is 18.0 Å². The van der Waals surface area contributed by atoms with Gasteiger partial charge in [-0.05, 0) is 30.2 Å². The van der Waals surface area contributed by atoms with Gasteiger partial charge in [-0.3, -0.25) is 13.9 Å². The molecule has 3 rings (SSSR count). The number of carboxylic acids is 1. The molecule has 1 atom stereocenters. The molecule has 1 fully saturated rings. The number of rotatable bonds is 4. The van der Waals surface area contributed by atoms with Crippen molar-refractivity contribution >= 4 is 27.6 Å². The van der Waals surface area contributed by atoms with E-state index in [2.05, 4.69) is 0 Å². The number of nitrogens with zero attached hydrogens (tertiary/aromatic N) is 2. The van der Waals surface area contributed by atoms with Gasteiger partial charge in [-0.1, -0.05) is 0 Å². The second-order valence-corrected chi connectivity index (χ2v) is 8.18. The molecule has 0 aliphatic carbocycles. The molecule has 8 nitrogen and oxygen atoms in total. The molecule has 1 amide bonds. The van der Waals surface area contributed by atoms with Crippen LogP contribution in [0, 0.1) is 0 Å². The van der Waals surface area contributed by atoms with Crippen molar-refractivity contribution in [3.05, 3.63) is 29.3 Å². The lowest BCUT2D eigenvalue weighted by molar-refractivity contribution is -0.141. The first kappa shape index (κ1) is 17.7. The fraction of sp³-hybridized carbons (Fsp3) is 0.500. The van der Waals surface area contributed by atoms with Gasteiger partial charge in [0.1, 0.15) is 0 Å². The lowest BCUT2D eigenvalue weighted by Crippen LogP contribution is -2.46. The van der Waals surface area contributed by atoms with Crippen molar-refractivity contribution in [1.29, 1.82) is 0 Å². The number of anilines is 1. The molecule has 0 bridgehead atoms. The van der Waals surface area contributed by atoms with Gasteiger partial charge in [0.05, 0.1) is 31.1 Å². The number of fused-ring (bicyclic) bond motifs is 1. The first-order valence-corrected chi connectivity index (χ1v) is 9.84. The van der Waals surface area contributed by atoms with Crippen LogP contribution in [0.15, 0.2) is 18.2 Å². The Morgan fingerprint density at radius 1 is 1.32 bits per heavy atom. The SMILES string of the molecule is CS(=O)(=O)N1CCc2cc(C(=O)N3CCOC(CC(=O)O)C3)ccc21. The average molecular weight is 368 g/mol. The maximum Gasteiger partial charge on any atom is 0.306 e. The minimum atomic E-state index is -3.32. The van der Waals surface area contributed by atoms with Crippen molar-refractivity contribution in [2.24, 2.45) is 0 Å². The Bertz CT molecular complexity index is 807. The summed E-state index contributed by atoms with van der Waals surface area (Å²) < 4.78 is 30.3. The second kappa shape index (κ2) is 6.64. The molecule has 2 aliphatic heterocycles. The van der Waals surface area contributed by atoms with Crippen molar-refractivity contribution in [2.75, 3.05) is 36.8 Å². The van der Waals surface area contributed by atoms with Crippen LogP contribution in [0.5, 0.6) is 0 Å². The van der Waals surface area contributed by atoms with Crippen molar-refractivity contribution < 1.29 is 27.9 Å². The van der Waals surface area contributed by atoms with Gasteiger partial charge >= 0.3 is 5.97 Å². The number of sulfonamides is 1. The molecule has 1 N–H and O–H groups in total. The molecule has 25 heavy (non-hydrogen) atoms. The van der Waals surface area contributed by atoms with E-state index in [1.807, 2.05) is 0 Å². The summed E-state index contributed by atoms with van der Waals surface area (Å²) in [7, 11) is -3.32. The number of benzene rings is 1. The van der Waals surface area contributed by atoms with E-state index >= 15 is 0 Å². The summed E-state index contributed by atoms with van der Waals surface area (Å²) in [5.74, 6) is -1.16. The zero-order valence-electron chi connectivity index (χ0n) is 13.8. The maximum atomic E-state index is 12.7. The topological polar surface area (TPSA) is 104 Å². The summed E-state index contributed by atoms with van der Waals surface area (Å²) >= 11 is 0. The number of morpholine rings is 1. The molecule has 1 aromatic rings. The third-order valence-corrected chi connectivity index (χ3v) is 5.59. The lowest BCUT2D eigenvalue weighted by Gasteiger charge is -2.32. The summed E-state index contributed by atoms with van der Waals surface area (Å²) in [6, 6.07) is 5.00. The second-order valence-electron chi connectivity index (χ2n) is 6.27. The first-order chi connectivity index (χ1) is 11.8. The molecule has 0 radical (unpaired) electrons. The Labute approximate surface area is 146 Å². The van der Waals surface area contributed by atoms with Gasteiger partial charge < -0.3 is 14.7 Å².